The van der Waals surface area contributed by atoms with Gasteiger partial charge in [-0.3, -0.25) is 4.79 Å². The molecule has 0 saturated carbocycles. The van der Waals surface area contributed by atoms with E-state index in [2.05, 4.69) is 43.3 Å². The van der Waals surface area contributed by atoms with Gasteiger partial charge in [-0.2, -0.15) is 0 Å². The molecule has 0 atom stereocenters. The Hall–Kier alpha value is -1.83. The van der Waals surface area contributed by atoms with Crippen LogP contribution in [0.15, 0.2) is 36.4 Å². The lowest BCUT2D eigenvalue weighted by molar-refractivity contribution is -0.154. The molecule has 0 aliphatic carbocycles. The lowest BCUT2D eigenvalue weighted by Crippen LogP contribution is -2.23. The van der Waals surface area contributed by atoms with Crippen molar-refractivity contribution in [2.45, 2.75) is 46.1 Å². The van der Waals surface area contributed by atoms with Gasteiger partial charge in [-0.05, 0) is 50.5 Å². The molecule has 0 aliphatic rings. The van der Waals surface area contributed by atoms with Crippen molar-refractivity contribution in [3.8, 4) is 0 Å². The first-order valence-corrected chi connectivity index (χ1v) is 7.05. The highest BCUT2D eigenvalue weighted by Crippen LogP contribution is 2.19. The Balaban J connectivity index is 2.03. The van der Waals surface area contributed by atoms with Gasteiger partial charge in [-0.15, -0.1) is 0 Å². The van der Waals surface area contributed by atoms with Crippen LogP contribution < -0.4 is 0 Å². The zero-order valence-electron chi connectivity index (χ0n) is 12.7. The minimum absolute atomic E-state index is 0.137. The number of benzene rings is 2. The zero-order valence-corrected chi connectivity index (χ0v) is 12.7. The van der Waals surface area contributed by atoms with Crippen molar-refractivity contribution >= 4 is 16.7 Å². The molecule has 0 heterocycles. The van der Waals surface area contributed by atoms with Crippen LogP contribution in [0.2, 0.25) is 0 Å². The predicted octanol–water partition coefficient (Wildman–Crippen LogP) is 4.42. The maximum atomic E-state index is 11.7. The Kier molecular flexibility index (Phi) is 4.12. The highest BCUT2D eigenvalue weighted by molar-refractivity contribution is 5.84. The molecule has 0 N–H and O–H groups in total. The number of carbonyl (C=O) groups excluding carboxylic acids is 1. The fourth-order valence-corrected chi connectivity index (χ4v) is 2.21. The topological polar surface area (TPSA) is 26.3 Å². The van der Waals surface area contributed by atoms with Crippen molar-refractivity contribution in [2.75, 3.05) is 0 Å². The number of aryl methyl sites for hydroxylation is 2. The van der Waals surface area contributed by atoms with E-state index in [1.54, 1.807) is 0 Å². The van der Waals surface area contributed by atoms with Gasteiger partial charge in [-0.1, -0.05) is 42.0 Å². The number of fused-ring (bicyclic) bond motifs is 1. The molecular formula is C18H22O2. The third kappa shape index (κ3) is 4.09. The molecule has 0 radical (unpaired) electrons. The molecule has 0 aromatic heterocycles. The monoisotopic (exact) mass is 270 g/mol. The molecule has 20 heavy (non-hydrogen) atoms. The maximum absolute atomic E-state index is 11.7. The number of ether oxygens (including phenoxy) is 1. The van der Waals surface area contributed by atoms with Crippen LogP contribution in [0.3, 0.4) is 0 Å². The molecule has 0 amide bonds. The summed E-state index contributed by atoms with van der Waals surface area (Å²) < 4.78 is 5.32. The van der Waals surface area contributed by atoms with Gasteiger partial charge in [-0.25, -0.2) is 0 Å². The normalized spacial score (nSPS) is 11.6. The van der Waals surface area contributed by atoms with Crippen molar-refractivity contribution in [3.63, 3.8) is 0 Å². The number of carbonyl (C=O) groups is 1. The van der Waals surface area contributed by atoms with Crippen LogP contribution in [0.4, 0.5) is 0 Å². The Bertz CT molecular complexity index is 621. The van der Waals surface area contributed by atoms with Crippen molar-refractivity contribution in [2.24, 2.45) is 0 Å². The summed E-state index contributed by atoms with van der Waals surface area (Å²) in [7, 11) is 0. The van der Waals surface area contributed by atoms with Gasteiger partial charge in [0.25, 0.3) is 0 Å². The van der Waals surface area contributed by atoms with Crippen LogP contribution in [0, 0.1) is 6.92 Å². The van der Waals surface area contributed by atoms with Crippen LogP contribution in [0.5, 0.6) is 0 Å². The third-order valence-electron chi connectivity index (χ3n) is 3.10. The number of hydrogen-bond donors (Lipinski definition) is 0. The first-order chi connectivity index (χ1) is 9.33. The van der Waals surface area contributed by atoms with Crippen LogP contribution >= 0.6 is 0 Å². The molecule has 2 nitrogen and oxygen atoms in total. The van der Waals surface area contributed by atoms with Crippen LogP contribution in [-0.4, -0.2) is 11.6 Å². The SMILES string of the molecule is Cc1ccc2cc(CCC(=O)OC(C)(C)C)ccc2c1. The smallest absolute Gasteiger partial charge is 0.306 e. The van der Waals surface area contributed by atoms with E-state index < -0.39 is 5.60 Å². The first-order valence-electron chi connectivity index (χ1n) is 7.05. The Morgan fingerprint density at radius 3 is 2.40 bits per heavy atom. The summed E-state index contributed by atoms with van der Waals surface area (Å²) in [6.45, 7) is 7.77. The van der Waals surface area contributed by atoms with Crippen LogP contribution in [0.25, 0.3) is 10.8 Å². The molecule has 106 valence electrons. The molecule has 0 saturated heterocycles. The first kappa shape index (κ1) is 14.6. The average Bonchev–Trinajstić information content (AvgIpc) is 2.34. The van der Waals surface area contributed by atoms with Crippen LogP contribution in [0.1, 0.15) is 38.3 Å². The van der Waals surface area contributed by atoms with Crippen molar-refractivity contribution < 1.29 is 9.53 Å². The molecule has 0 unspecified atom stereocenters. The van der Waals surface area contributed by atoms with Crippen molar-refractivity contribution in [1.29, 1.82) is 0 Å². The zero-order chi connectivity index (χ0) is 14.8. The molecule has 0 spiro atoms. The second-order valence-electron chi connectivity index (χ2n) is 6.27. The standard InChI is InChI=1S/C18H22O2/c1-13-5-8-16-12-14(6-9-15(16)11-13)7-10-17(19)20-18(2,3)4/h5-6,8-9,11-12H,7,10H2,1-4H3. The molecule has 0 bridgehead atoms. The van der Waals surface area contributed by atoms with Gasteiger partial charge in [0.15, 0.2) is 0 Å². The van der Waals surface area contributed by atoms with Crippen molar-refractivity contribution in [3.05, 3.63) is 47.5 Å². The largest absolute Gasteiger partial charge is 0.460 e. The summed E-state index contributed by atoms with van der Waals surface area (Å²) in [6.07, 6.45) is 1.15. The van der Waals surface area contributed by atoms with Gasteiger partial charge in [0.2, 0.25) is 0 Å². The fraction of sp³-hybridized carbons (Fsp3) is 0.389. The van der Waals surface area contributed by atoms with E-state index in [1.165, 1.54) is 21.9 Å². The average molecular weight is 270 g/mol. The molecule has 2 heteroatoms. The fourth-order valence-electron chi connectivity index (χ4n) is 2.21. The summed E-state index contributed by atoms with van der Waals surface area (Å²) in [4.78, 5) is 11.7. The molecule has 2 aromatic carbocycles. The van der Waals surface area contributed by atoms with E-state index in [0.717, 1.165) is 6.42 Å². The maximum Gasteiger partial charge on any atom is 0.306 e. The van der Waals surface area contributed by atoms with Gasteiger partial charge in [0.1, 0.15) is 5.60 Å². The number of esters is 1. The molecule has 2 rings (SSSR count). The molecule has 2 aromatic rings. The molecular weight excluding hydrogens is 248 g/mol. The quantitative estimate of drug-likeness (QED) is 0.772. The minimum Gasteiger partial charge on any atom is -0.460 e. The van der Waals surface area contributed by atoms with E-state index >= 15 is 0 Å². The minimum atomic E-state index is -0.405. The van der Waals surface area contributed by atoms with E-state index in [0.29, 0.717) is 6.42 Å². The molecule has 0 fully saturated rings. The van der Waals surface area contributed by atoms with Gasteiger partial charge >= 0.3 is 5.97 Å². The predicted molar refractivity (Wildman–Crippen MR) is 82.9 cm³/mol. The summed E-state index contributed by atoms with van der Waals surface area (Å²) in [5, 5.41) is 2.46. The summed E-state index contributed by atoms with van der Waals surface area (Å²) in [5.41, 5.74) is 2.03. The lowest BCUT2D eigenvalue weighted by atomic mass is 10.0. The highest BCUT2D eigenvalue weighted by atomic mass is 16.6. The van der Waals surface area contributed by atoms with Crippen LogP contribution in [-0.2, 0) is 16.0 Å². The van der Waals surface area contributed by atoms with E-state index in [9.17, 15) is 4.79 Å². The second kappa shape index (κ2) is 5.66. The lowest BCUT2D eigenvalue weighted by Gasteiger charge is -2.19. The van der Waals surface area contributed by atoms with E-state index in [1.807, 2.05) is 20.8 Å². The van der Waals surface area contributed by atoms with Gasteiger partial charge in [0.05, 0.1) is 0 Å². The van der Waals surface area contributed by atoms with E-state index in [-0.39, 0.29) is 5.97 Å². The number of rotatable bonds is 3. The van der Waals surface area contributed by atoms with E-state index in [4.69, 9.17) is 4.74 Å². The second-order valence-corrected chi connectivity index (χ2v) is 6.27. The Morgan fingerprint density at radius 2 is 1.70 bits per heavy atom. The summed E-state index contributed by atoms with van der Waals surface area (Å²) in [5.74, 6) is -0.137. The van der Waals surface area contributed by atoms with Gasteiger partial charge < -0.3 is 4.74 Å². The third-order valence-corrected chi connectivity index (χ3v) is 3.10. The highest BCUT2D eigenvalue weighted by Gasteiger charge is 2.15. The number of hydrogen-bond acceptors (Lipinski definition) is 2. The summed E-state index contributed by atoms with van der Waals surface area (Å²) >= 11 is 0. The molecule has 0 aliphatic heterocycles. The Labute approximate surface area is 120 Å². The Morgan fingerprint density at radius 1 is 1.05 bits per heavy atom. The van der Waals surface area contributed by atoms with Gasteiger partial charge in [0, 0.05) is 6.42 Å². The summed E-state index contributed by atoms with van der Waals surface area (Å²) in [6, 6.07) is 12.8. The van der Waals surface area contributed by atoms with Crippen molar-refractivity contribution in [1.82, 2.24) is 0 Å².